The Kier molecular flexibility index (Phi) is 7.57. The highest BCUT2D eigenvalue weighted by molar-refractivity contribution is 6.63. The van der Waals surface area contributed by atoms with Gasteiger partial charge in [0.2, 0.25) is 5.95 Å². The van der Waals surface area contributed by atoms with E-state index >= 15 is 0 Å². The van der Waals surface area contributed by atoms with E-state index in [-0.39, 0.29) is 12.0 Å². The van der Waals surface area contributed by atoms with Crippen LogP contribution in [-0.2, 0) is 20.3 Å². The van der Waals surface area contributed by atoms with E-state index in [0.29, 0.717) is 35.6 Å². The Hall–Kier alpha value is -3.91. The number of nitrogens with zero attached hydrogens (tertiary/aromatic N) is 6. The van der Waals surface area contributed by atoms with Gasteiger partial charge in [-0.25, -0.2) is 9.97 Å². The van der Waals surface area contributed by atoms with Crippen LogP contribution in [0, 0.1) is 0 Å². The number of rotatable bonds is 10. The summed E-state index contributed by atoms with van der Waals surface area (Å²) in [6.45, 7) is 9.45. The number of benzene rings is 1. The van der Waals surface area contributed by atoms with E-state index in [4.69, 9.17) is 28.8 Å². The first-order valence-electron chi connectivity index (χ1n) is 15.3. The number of pyridine rings is 1. The average Bonchev–Trinajstić information content (AvgIpc) is 3.65. The van der Waals surface area contributed by atoms with E-state index in [0.717, 1.165) is 61.4 Å². The van der Waals surface area contributed by atoms with Gasteiger partial charge in [0.1, 0.15) is 17.2 Å². The van der Waals surface area contributed by atoms with Crippen LogP contribution in [0.1, 0.15) is 63.2 Å². The topological polar surface area (TPSA) is 144 Å². The van der Waals surface area contributed by atoms with Crippen molar-refractivity contribution < 1.29 is 18.9 Å². The number of fused-ring (bicyclic) bond motifs is 4. The van der Waals surface area contributed by atoms with Crippen molar-refractivity contribution in [2.24, 2.45) is 0 Å². The zero-order valence-corrected chi connectivity index (χ0v) is 25.3. The predicted octanol–water partition coefficient (Wildman–Crippen LogP) is 3.55. The van der Waals surface area contributed by atoms with Crippen LogP contribution in [0.4, 0.5) is 17.6 Å². The normalized spacial score (nSPS) is 22.5. The highest BCUT2D eigenvalue weighted by Gasteiger charge is 2.45. The Bertz CT molecular complexity index is 1610. The number of aliphatic hydroxyl groups is 1. The smallest absolute Gasteiger partial charge is 0.408 e. The monoisotopic (exact) mass is 596 g/mol. The molecule has 3 aromatic heterocycles. The Morgan fingerprint density at radius 2 is 1.82 bits per heavy atom. The molecule has 4 aliphatic rings. The highest BCUT2D eigenvalue weighted by atomic mass is 16.6. The molecular weight excluding hydrogens is 559 g/mol. The van der Waals surface area contributed by atoms with Crippen molar-refractivity contribution in [1.82, 2.24) is 30.0 Å². The number of hydrogen-bond acceptors (Lipinski definition) is 12. The molecule has 2 bridgehead atoms. The number of aliphatic hydroxyl groups excluding tert-OH is 1. The van der Waals surface area contributed by atoms with Gasteiger partial charge in [-0.05, 0) is 71.3 Å². The second-order valence-electron chi connectivity index (χ2n) is 12.2. The van der Waals surface area contributed by atoms with Crippen LogP contribution < -0.4 is 16.1 Å². The van der Waals surface area contributed by atoms with Crippen LogP contribution in [0.25, 0.3) is 11.5 Å². The maximum absolute atomic E-state index is 10.3. The Balaban J connectivity index is 1.22. The highest BCUT2D eigenvalue weighted by Crippen LogP contribution is 2.42. The van der Waals surface area contributed by atoms with E-state index in [1.165, 1.54) is 0 Å². The molecule has 1 atom stereocenters. The molecule has 228 valence electrons. The quantitative estimate of drug-likeness (QED) is 0.230. The maximum atomic E-state index is 10.3. The van der Waals surface area contributed by atoms with Gasteiger partial charge in [-0.1, -0.05) is 41.6 Å². The van der Waals surface area contributed by atoms with E-state index in [9.17, 15) is 5.11 Å². The largest absolute Gasteiger partial charge is 0.496 e. The molecule has 0 unspecified atom stereocenters. The maximum Gasteiger partial charge on any atom is 0.496 e. The first-order chi connectivity index (χ1) is 21.4. The molecule has 0 radical (unpaired) electrons. The summed E-state index contributed by atoms with van der Waals surface area (Å²) in [4.78, 5) is 21.7. The summed E-state index contributed by atoms with van der Waals surface area (Å²) >= 11 is 0. The summed E-state index contributed by atoms with van der Waals surface area (Å²) in [6.07, 6.45) is 4.75. The van der Waals surface area contributed by atoms with Crippen molar-refractivity contribution >= 4 is 30.2 Å². The van der Waals surface area contributed by atoms with Crippen molar-refractivity contribution in [3.63, 3.8) is 0 Å². The fourth-order valence-corrected chi connectivity index (χ4v) is 6.49. The lowest BCUT2D eigenvalue weighted by Gasteiger charge is -2.46. The molecule has 0 amide bonds. The molecule has 7 heterocycles. The molecule has 12 nitrogen and oxygen atoms in total. The Morgan fingerprint density at radius 3 is 2.55 bits per heavy atom. The summed E-state index contributed by atoms with van der Waals surface area (Å²) in [5, 5.41) is 21.4. The standard InChI is InChI=1S/C31H37BN8O4/c1-4-42-32-22-10-11-24(35-25(22)30(2,3)44-32)36-29-33-18-21(26(37-29)34-23(19-41)20-8-6-5-7-9-20)27-38-28(39-43-27)31-12-15-40(16-13-31)17-14-31/h5-11,18,23,41H,4,12-17,19H2,1-3H3,(H2,33,34,35,36,37)/t23-/m1/s1. The van der Waals surface area contributed by atoms with E-state index in [1.54, 1.807) is 6.20 Å². The SMILES string of the molecule is CCOB1OC(C)(C)c2nc(Nc3ncc(-c4nc(C56CCN(CC5)CC6)no4)c(N[C@H](CO)c4ccccc4)n3)ccc21. The predicted molar refractivity (Wildman–Crippen MR) is 166 cm³/mol. The van der Waals surface area contributed by atoms with E-state index in [1.807, 2.05) is 63.2 Å². The first-order valence-corrected chi connectivity index (χ1v) is 15.3. The molecule has 3 fully saturated rings. The average molecular weight is 597 g/mol. The van der Waals surface area contributed by atoms with Gasteiger partial charge in [0.15, 0.2) is 5.82 Å². The number of piperidine rings is 3. The van der Waals surface area contributed by atoms with E-state index in [2.05, 4.69) is 25.7 Å². The lowest BCUT2D eigenvalue weighted by molar-refractivity contribution is 0.0747. The van der Waals surface area contributed by atoms with Gasteiger partial charge in [0.25, 0.3) is 5.89 Å². The number of hydrogen-bond donors (Lipinski definition) is 3. The summed E-state index contributed by atoms with van der Waals surface area (Å²) < 4.78 is 17.7. The molecule has 0 saturated carbocycles. The van der Waals surface area contributed by atoms with Crippen LogP contribution in [0.5, 0.6) is 0 Å². The lowest BCUT2D eigenvalue weighted by atomic mass is 9.71. The van der Waals surface area contributed by atoms with Gasteiger partial charge in [-0.2, -0.15) is 9.97 Å². The van der Waals surface area contributed by atoms with Gasteiger partial charge in [-0.3, -0.25) is 0 Å². The van der Waals surface area contributed by atoms with Crippen LogP contribution in [0.2, 0.25) is 0 Å². The van der Waals surface area contributed by atoms with Crippen LogP contribution >= 0.6 is 0 Å². The fourth-order valence-electron chi connectivity index (χ4n) is 6.49. The molecule has 0 aliphatic carbocycles. The molecule has 13 heteroatoms. The minimum absolute atomic E-state index is 0.0535. The third-order valence-corrected chi connectivity index (χ3v) is 9.05. The minimum Gasteiger partial charge on any atom is -0.408 e. The van der Waals surface area contributed by atoms with Crippen molar-refractivity contribution in [2.45, 2.75) is 57.1 Å². The minimum atomic E-state index is -0.613. The molecule has 4 aromatic rings. The third kappa shape index (κ3) is 5.34. The van der Waals surface area contributed by atoms with Gasteiger partial charge < -0.3 is 34.5 Å². The zero-order valence-electron chi connectivity index (χ0n) is 25.3. The molecule has 3 saturated heterocycles. The summed E-state index contributed by atoms with van der Waals surface area (Å²) in [6, 6.07) is 13.1. The molecule has 4 aliphatic heterocycles. The van der Waals surface area contributed by atoms with Crippen molar-refractivity contribution in [2.75, 3.05) is 43.5 Å². The van der Waals surface area contributed by atoms with Gasteiger partial charge in [0, 0.05) is 23.7 Å². The molecule has 1 aromatic carbocycles. The first kappa shape index (κ1) is 28.8. The second-order valence-corrected chi connectivity index (χ2v) is 12.2. The molecule has 3 N–H and O–H groups in total. The lowest BCUT2D eigenvalue weighted by Crippen LogP contribution is -2.51. The summed E-state index contributed by atoms with van der Waals surface area (Å²) in [5.74, 6) is 2.44. The second kappa shape index (κ2) is 11.5. The van der Waals surface area contributed by atoms with Crippen LogP contribution in [-0.4, -0.2) is 75.1 Å². The van der Waals surface area contributed by atoms with E-state index < -0.39 is 18.8 Å². The number of anilines is 3. The summed E-state index contributed by atoms with van der Waals surface area (Å²) in [5.41, 5.74) is 2.51. The van der Waals surface area contributed by atoms with Crippen LogP contribution in [0.15, 0.2) is 53.2 Å². The van der Waals surface area contributed by atoms with Gasteiger partial charge in [-0.15, -0.1) is 0 Å². The van der Waals surface area contributed by atoms with Crippen molar-refractivity contribution in [3.05, 3.63) is 65.7 Å². The van der Waals surface area contributed by atoms with Crippen LogP contribution in [0.3, 0.4) is 0 Å². The number of nitrogens with one attached hydrogen (secondary N) is 2. The Morgan fingerprint density at radius 1 is 1.05 bits per heavy atom. The molecule has 8 rings (SSSR count). The molecule has 44 heavy (non-hydrogen) atoms. The molecule has 0 spiro atoms. The molecular formula is C31H37BN8O4. The van der Waals surface area contributed by atoms with Gasteiger partial charge in [0.05, 0.1) is 23.9 Å². The summed E-state index contributed by atoms with van der Waals surface area (Å²) in [7, 11) is -0.453. The number of aromatic nitrogens is 5. The van der Waals surface area contributed by atoms with Crippen molar-refractivity contribution in [3.8, 4) is 11.5 Å². The van der Waals surface area contributed by atoms with Gasteiger partial charge >= 0.3 is 7.12 Å². The third-order valence-electron chi connectivity index (χ3n) is 9.05. The van der Waals surface area contributed by atoms with Crippen molar-refractivity contribution in [1.29, 1.82) is 0 Å². The fraction of sp³-hybridized carbons (Fsp3) is 0.452. The Labute approximate surface area is 256 Å². The zero-order chi connectivity index (χ0) is 30.3.